The fourth-order valence-corrected chi connectivity index (χ4v) is 2.32. The molecule has 2 N–H and O–H groups in total. The lowest BCUT2D eigenvalue weighted by atomic mass is 10.0. The molecule has 1 aromatic carbocycles. The number of carboxylic acid groups (broad SMARTS) is 1. The average Bonchev–Trinajstić information content (AvgIpc) is 3.16. The van der Waals surface area contributed by atoms with Gasteiger partial charge in [-0.1, -0.05) is 6.07 Å². The van der Waals surface area contributed by atoms with Crippen molar-refractivity contribution in [2.24, 2.45) is 5.41 Å². The van der Waals surface area contributed by atoms with Gasteiger partial charge in [-0.15, -0.1) is 0 Å². The minimum atomic E-state index is -0.678. The van der Waals surface area contributed by atoms with Gasteiger partial charge in [0, 0.05) is 13.1 Å². The molecule has 1 aliphatic rings. The van der Waals surface area contributed by atoms with Crippen molar-refractivity contribution < 1.29 is 14.6 Å². The van der Waals surface area contributed by atoms with E-state index in [4.69, 9.17) is 9.84 Å². The van der Waals surface area contributed by atoms with Gasteiger partial charge in [0.1, 0.15) is 5.75 Å². The Balaban J connectivity index is 1.97. The van der Waals surface area contributed by atoms with Gasteiger partial charge in [0.2, 0.25) is 0 Å². The van der Waals surface area contributed by atoms with E-state index in [-0.39, 0.29) is 0 Å². The maximum absolute atomic E-state index is 11.1. The monoisotopic (exact) mass is 263 g/mol. The number of aliphatic carboxylic acids is 1. The summed E-state index contributed by atoms with van der Waals surface area (Å²) in [5.41, 5.74) is 3.03. The minimum Gasteiger partial charge on any atom is -0.496 e. The molecule has 4 nitrogen and oxygen atoms in total. The van der Waals surface area contributed by atoms with E-state index in [1.807, 2.05) is 19.1 Å². The van der Waals surface area contributed by atoms with Crippen molar-refractivity contribution >= 4 is 5.97 Å². The van der Waals surface area contributed by atoms with Gasteiger partial charge in [0.25, 0.3) is 0 Å². The Labute approximate surface area is 113 Å². The molecule has 1 saturated carbocycles. The zero-order chi connectivity index (χ0) is 14.0. The lowest BCUT2D eigenvalue weighted by Crippen LogP contribution is -2.29. The maximum Gasteiger partial charge on any atom is 0.310 e. The molecule has 104 valence electrons. The van der Waals surface area contributed by atoms with Gasteiger partial charge in [-0.25, -0.2) is 0 Å². The van der Waals surface area contributed by atoms with Gasteiger partial charge >= 0.3 is 5.97 Å². The number of carboxylic acids is 1. The van der Waals surface area contributed by atoms with Crippen LogP contribution in [0, 0.1) is 19.3 Å². The molecule has 0 saturated heterocycles. The lowest BCUT2D eigenvalue weighted by molar-refractivity contribution is -0.143. The molecule has 0 aromatic heterocycles. The second kappa shape index (κ2) is 5.21. The highest BCUT2D eigenvalue weighted by Crippen LogP contribution is 2.45. The number of methoxy groups -OCH3 is 1. The average molecular weight is 263 g/mol. The van der Waals surface area contributed by atoms with Crippen molar-refractivity contribution in [2.45, 2.75) is 33.2 Å². The number of benzene rings is 1. The fourth-order valence-electron chi connectivity index (χ4n) is 2.32. The first kappa shape index (κ1) is 13.9. The van der Waals surface area contributed by atoms with Crippen LogP contribution in [0.1, 0.15) is 29.5 Å². The van der Waals surface area contributed by atoms with Crippen molar-refractivity contribution in [2.75, 3.05) is 13.7 Å². The predicted molar refractivity (Wildman–Crippen MR) is 73.5 cm³/mol. The van der Waals surface area contributed by atoms with Gasteiger partial charge < -0.3 is 15.2 Å². The highest BCUT2D eigenvalue weighted by molar-refractivity contribution is 5.78. The SMILES string of the molecule is COc1ccc(CNCC2(C(=O)O)CC2)c(C)c1C. The van der Waals surface area contributed by atoms with Crippen molar-refractivity contribution in [3.8, 4) is 5.75 Å². The Bertz CT molecular complexity index is 492. The number of hydrogen-bond acceptors (Lipinski definition) is 3. The Morgan fingerprint density at radius 1 is 1.37 bits per heavy atom. The zero-order valence-electron chi connectivity index (χ0n) is 11.7. The smallest absolute Gasteiger partial charge is 0.310 e. The second-order valence-electron chi connectivity index (χ2n) is 5.37. The fraction of sp³-hybridized carbons (Fsp3) is 0.533. The molecular weight excluding hydrogens is 242 g/mol. The lowest BCUT2D eigenvalue weighted by Gasteiger charge is -2.15. The van der Waals surface area contributed by atoms with Gasteiger partial charge in [0.05, 0.1) is 12.5 Å². The third-order valence-corrected chi connectivity index (χ3v) is 4.16. The van der Waals surface area contributed by atoms with E-state index in [0.717, 1.165) is 24.2 Å². The summed E-state index contributed by atoms with van der Waals surface area (Å²) >= 11 is 0. The molecule has 0 amide bonds. The standard InChI is InChI=1S/C15H21NO3/c1-10-11(2)13(19-3)5-4-12(10)8-16-9-15(6-7-15)14(17)18/h4-5,16H,6-9H2,1-3H3,(H,17,18). The minimum absolute atomic E-state index is 0.505. The number of rotatable bonds is 6. The molecule has 0 aliphatic heterocycles. The molecule has 0 atom stereocenters. The van der Waals surface area contributed by atoms with E-state index in [1.165, 1.54) is 11.1 Å². The van der Waals surface area contributed by atoms with Crippen LogP contribution in [0.3, 0.4) is 0 Å². The summed E-state index contributed by atoms with van der Waals surface area (Å²) < 4.78 is 5.28. The molecule has 1 fully saturated rings. The van der Waals surface area contributed by atoms with Gasteiger partial charge in [0.15, 0.2) is 0 Å². The van der Waals surface area contributed by atoms with E-state index >= 15 is 0 Å². The largest absolute Gasteiger partial charge is 0.496 e. The summed E-state index contributed by atoms with van der Waals surface area (Å²) in [4.78, 5) is 11.1. The molecule has 0 bridgehead atoms. The highest BCUT2D eigenvalue weighted by Gasteiger charge is 2.49. The molecule has 0 radical (unpaired) electrons. The molecule has 0 heterocycles. The Kier molecular flexibility index (Phi) is 3.80. The normalized spacial score (nSPS) is 16.2. The van der Waals surface area contributed by atoms with Crippen LogP contribution >= 0.6 is 0 Å². The van der Waals surface area contributed by atoms with Crippen LogP contribution in [-0.2, 0) is 11.3 Å². The highest BCUT2D eigenvalue weighted by atomic mass is 16.5. The molecule has 19 heavy (non-hydrogen) atoms. The van der Waals surface area contributed by atoms with Crippen molar-refractivity contribution in [3.05, 3.63) is 28.8 Å². The van der Waals surface area contributed by atoms with E-state index in [0.29, 0.717) is 13.1 Å². The summed E-state index contributed by atoms with van der Waals surface area (Å²) in [5, 5.41) is 12.4. The van der Waals surface area contributed by atoms with Crippen LogP contribution < -0.4 is 10.1 Å². The quantitative estimate of drug-likeness (QED) is 0.826. The topological polar surface area (TPSA) is 58.6 Å². The first-order valence-electron chi connectivity index (χ1n) is 6.57. The van der Waals surface area contributed by atoms with Crippen LogP contribution in [-0.4, -0.2) is 24.7 Å². The summed E-state index contributed by atoms with van der Waals surface area (Å²) in [6, 6.07) is 4.00. The van der Waals surface area contributed by atoms with Gasteiger partial charge in [-0.3, -0.25) is 4.79 Å². The van der Waals surface area contributed by atoms with Crippen LogP contribution in [0.2, 0.25) is 0 Å². The van der Waals surface area contributed by atoms with E-state index < -0.39 is 11.4 Å². The first-order valence-corrected chi connectivity index (χ1v) is 6.57. The second-order valence-corrected chi connectivity index (χ2v) is 5.37. The van der Waals surface area contributed by atoms with E-state index in [9.17, 15) is 4.79 Å². The summed E-state index contributed by atoms with van der Waals surface area (Å²) in [5.74, 6) is 0.216. The predicted octanol–water partition coefficient (Wildman–Crippen LogP) is 2.27. The summed E-state index contributed by atoms with van der Waals surface area (Å²) in [6.45, 7) is 5.36. The Morgan fingerprint density at radius 2 is 2.05 bits per heavy atom. The van der Waals surface area contributed by atoms with Crippen molar-refractivity contribution in [1.29, 1.82) is 0 Å². The number of ether oxygens (including phenoxy) is 1. The molecular formula is C15H21NO3. The van der Waals surface area contributed by atoms with Crippen molar-refractivity contribution in [1.82, 2.24) is 5.32 Å². The van der Waals surface area contributed by atoms with Crippen LogP contribution in [0.5, 0.6) is 5.75 Å². The third-order valence-electron chi connectivity index (χ3n) is 4.16. The molecule has 0 spiro atoms. The Hall–Kier alpha value is -1.55. The number of carbonyl (C=O) groups is 1. The van der Waals surface area contributed by atoms with Crippen LogP contribution in [0.15, 0.2) is 12.1 Å². The Morgan fingerprint density at radius 3 is 2.58 bits per heavy atom. The van der Waals surface area contributed by atoms with E-state index in [1.54, 1.807) is 7.11 Å². The molecule has 2 rings (SSSR count). The maximum atomic E-state index is 11.1. The third kappa shape index (κ3) is 2.73. The number of nitrogens with one attached hydrogen (secondary N) is 1. The van der Waals surface area contributed by atoms with E-state index in [2.05, 4.69) is 12.2 Å². The van der Waals surface area contributed by atoms with Crippen LogP contribution in [0.25, 0.3) is 0 Å². The van der Waals surface area contributed by atoms with Crippen molar-refractivity contribution in [3.63, 3.8) is 0 Å². The number of hydrogen-bond donors (Lipinski definition) is 2. The van der Waals surface area contributed by atoms with Gasteiger partial charge in [-0.05, 0) is 49.4 Å². The first-order chi connectivity index (χ1) is 9.00. The molecule has 1 aromatic rings. The van der Waals surface area contributed by atoms with Crippen LogP contribution in [0.4, 0.5) is 0 Å². The van der Waals surface area contributed by atoms with Gasteiger partial charge in [-0.2, -0.15) is 0 Å². The molecule has 4 heteroatoms. The summed E-state index contributed by atoms with van der Waals surface area (Å²) in [6.07, 6.45) is 1.58. The molecule has 1 aliphatic carbocycles. The summed E-state index contributed by atoms with van der Waals surface area (Å²) in [7, 11) is 1.67. The molecule has 0 unspecified atom stereocenters. The zero-order valence-corrected chi connectivity index (χ0v) is 11.7.